The fraction of sp³-hybridized carbons (Fsp3) is 0.423. The topological polar surface area (TPSA) is 103 Å². The Balaban J connectivity index is 1.56. The number of amides is 2. The standard InChI is InChI=1S/C26H26N2O6/c1-4-33-25(32)22-18(13-34-28-23(30)15-7-5-6-8-16(15)24(28)31)27-17-11-26(2,3)12-19(29)21(17)20(22)14-9-10-14/h5-8,14H,4,9-13H2,1-3H3. The van der Waals surface area contributed by atoms with E-state index in [0.29, 0.717) is 34.7 Å². The zero-order chi connectivity index (χ0) is 24.2. The Morgan fingerprint density at radius 2 is 1.74 bits per heavy atom. The monoisotopic (exact) mass is 462 g/mol. The Morgan fingerprint density at radius 1 is 1.09 bits per heavy atom. The average molecular weight is 463 g/mol. The third kappa shape index (κ3) is 3.72. The van der Waals surface area contributed by atoms with Crippen molar-refractivity contribution >= 4 is 23.6 Å². The first kappa shape index (κ1) is 22.4. The van der Waals surface area contributed by atoms with Gasteiger partial charge in [0.15, 0.2) is 5.78 Å². The highest BCUT2D eigenvalue weighted by atomic mass is 16.7. The summed E-state index contributed by atoms with van der Waals surface area (Å²) in [6.07, 6.45) is 2.71. The highest BCUT2D eigenvalue weighted by Gasteiger charge is 2.42. The fourth-order valence-corrected chi connectivity index (χ4v) is 4.91. The van der Waals surface area contributed by atoms with Crippen LogP contribution in [0.15, 0.2) is 24.3 Å². The first-order valence-electron chi connectivity index (χ1n) is 11.6. The third-order valence-corrected chi connectivity index (χ3v) is 6.50. The molecule has 1 aromatic heterocycles. The van der Waals surface area contributed by atoms with Crippen molar-refractivity contribution in [2.24, 2.45) is 5.41 Å². The normalized spacial score (nSPS) is 18.7. The van der Waals surface area contributed by atoms with E-state index in [0.717, 1.165) is 12.8 Å². The molecule has 176 valence electrons. The average Bonchev–Trinajstić information content (AvgIpc) is 3.59. The summed E-state index contributed by atoms with van der Waals surface area (Å²) in [5, 5.41) is 0.715. The Morgan fingerprint density at radius 3 is 2.32 bits per heavy atom. The lowest BCUT2D eigenvalue weighted by Gasteiger charge is -2.32. The Hall–Kier alpha value is -3.39. The van der Waals surface area contributed by atoms with Crippen molar-refractivity contribution in [1.82, 2.24) is 10.0 Å². The molecule has 5 rings (SSSR count). The quantitative estimate of drug-likeness (QED) is 0.472. The van der Waals surface area contributed by atoms with Crippen LogP contribution < -0.4 is 0 Å². The second kappa shape index (κ2) is 8.13. The molecule has 2 heterocycles. The number of hydrogen-bond donors (Lipinski definition) is 0. The molecule has 0 spiro atoms. The van der Waals surface area contributed by atoms with Gasteiger partial charge in [-0.05, 0) is 55.2 Å². The maximum Gasteiger partial charge on any atom is 0.340 e. The summed E-state index contributed by atoms with van der Waals surface area (Å²) in [5.41, 5.74) is 2.64. The summed E-state index contributed by atoms with van der Waals surface area (Å²) < 4.78 is 5.33. The van der Waals surface area contributed by atoms with Gasteiger partial charge in [-0.25, -0.2) is 4.79 Å². The molecule has 2 amide bonds. The Kier molecular flexibility index (Phi) is 5.36. The molecule has 2 aromatic rings. The van der Waals surface area contributed by atoms with Crippen molar-refractivity contribution < 1.29 is 28.8 Å². The molecule has 8 heteroatoms. The van der Waals surface area contributed by atoms with E-state index in [4.69, 9.17) is 14.6 Å². The molecule has 3 aliphatic rings. The number of ketones is 1. The van der Waals surface area contributed by atoms with Crippen LogP contribution in [-0.2, 0) is 22.6 Å². The van der Waals surface area contributed by atoms with Crippen molar-refractivity contribution in [3.05, 3.63) is 63.5 Å². The van der Waals surface area contributed by atoms with Gasteiger partial charge in [-0.15, -0.1) is 5.06 Å². The van der Waals surface area contributed by atoms with E-state index in [9.17, 15) is 19.2 Å². The van der Waals surface area contributed by atoms with Crippen LogP contribution in [0.1, 0.15) is 104 Å². The fourth-order valence-electron chi connectivity index (χ4n) is 4.91. The zero-order valence-electron chi connectivity index (χ0n) is 19.5. The molecular weight excluding hydrogens is 436 g/mol. The number of ether oxygens (including phenoxy) is 1. The van der Waals surface area contributed by atoms with Crippen LogP contribution in [0.3, 0.4) is 0 Å². The third-order valence-electron chi connectivity index (χ3n) is 6.50. The van der Waals surface area contributed by atoms with E-state index in [1.54, 1.807) is 31.2 Å². The number of carbonyl (C=O) groups is 4. The SMILES string of the molecule is CCOC(=O)c1c(CON2C(=O)c3ccccc3C2=O)nc2c(c1C1CC1)C(=O)CC(C)(C)C2. The zero-order valence-corrected chi connectivity index (χ0v) is 19.5. The van der Waals surface area contributed by atoms with Gasteiger partial charge in [0, 0.05) is 12.0 Å². The number of Topliss-reactive ketones (excluding diaryl/α,β-unsaturated/α-hetero) is 1. The molecule has 1 fully saturated rings. The summed E-state index contributed by atoms with van der Waals surface area (Å²) in [7, 11) is 0. The van der Waals surface area contributed by atoms with Crippen LogP contribution in [0.25, 0.3) is 0 Å². The lowest BCUT2D eigenvalue weighted by Crippen LogP contribution is -2.33. The highest BCUT2D eigenvalue weighted by molar-refractivity contribution is 6.20. The summed E-state index contributed by atoms with van der Waals surface area (Å²) >= 11 is 0. The molecule has 1 saturated carbocycles. The molecule has 0 bridgehead atoms. The van der Waals surface area contributed by atoms with Gasteiger partial charge < -0.3 is 4.74 Å². The summed E-state index contributed by atoms with van der Waals surface area (Å²) in [6.45, 7) is 5.63. The minimum atomic E-state index is -0.571. The van der Waals surface area contributed by atoms with Crippen LogP contribution in [0.5, 0.6) is 0 Å². The Bertz CT molecular complexity index is 1210. The van der Waals surface area contributed by atoms with Crippen molar-refractivity contribution in [2.45, 2.75) is 59.0 Å². The molecule has 0 atom stereocenters. The molecule has 0 N–H and O–H groups in total. The lowest BCUT2D eigenvalue weighted by atomic mass is 9.73. The number of imide groups is 1. The van der Waals surface area contributed by atoms with Crippen molar-refractivity contribution in [3.63, 3.8) is 0 Å². The van der Waals surface area contributed by atoms with E-state index in [-0.39, 0.29) is 52.7 Å². The second-order valence-corrected chi connectivity index (χ2v) is 9.83. The number of fused-ring (bicyclic) bond motifs is 2. The van der Waals surface area contributed by atoms with Crippen molar-refractivity contribution in [3.8, 4) is 0 Å². The summed E-state index contributed by atoms with van der Waals surface area (Å²) in [4.78, 5) is 62.0. The van der Waals surface area contributed by atoms with Crippen molar-refractivity contribution in [1.29, 1.82) is 0 Å². The van der Waals surface area contributed by atoms with E-state index in [1.807, 2.05) is 13.8 Å². The van der Waals surface area contributed by atoms with Crippen LogP contribution in [0.4, 0.5) is 0 Å². The van der Waals surface area contributed by atoms with Gasteiger partial charge in [-0.2, -0.15) is 0 Å². The number of esters is 1. The van der Waals surface area contributed by atoms with Gasteiger partial charge in [0.2, 0.25) is 0 Å². The largest absolute Gasteiger partial charge is 0.462 e. The molecule has 0 radical (unpaired) electrons. The number of benzene rings is 1. The van der Waals surface area contributed by atoms with Crippen LogP contribution in [0.2, 0.25) is 0 Å². The number of pyridine rings is 1. The van der Waals surface area contributed by atoms with Gasteiger partial charge in [0.1, 0.15) is 6.61 Å². The molecular formula is C26H26N2O6. The van der Waals surface area contributed by atoms with E-state index in [1.165, 1.54) is 0 Å². The highest BCUT2D eigenvalue weighted by Crippen LogP contribution is 2.48. The first-order valence-corrected chi connectivity index (χ1v) is 11.6. The lowest BCUT2D eigenvalue weighted by molar-refractivity contribution is -0.102. The van der Waals surface area contributed by atoms with Gasteiger partial charge in [-0.1, -0.05) is 26.0 Å². The molecule has 1 aliphatic heterocycles. The molecule has 0 unspecified atom stereocenters. The number of rotatable bonds is 6. The van der Waals surface area contributed by atoms with E-state index in [2.05, 4.69) is 0 Å². The molecule has 8 nitrogen and oxygen atoms in total. The number of hydroxylamine groups is 2. The smallest absolute Gasteiger partial charge is 0.340 e. The molecule has 34 heavy (non-hydrogen) atoms. The Labute approximate surface area is 197 Å². The predicted molar refractivity (Wildman–Crippen MR) is 120 cm³/mol. The minimum absolute atomic E-state index is 0.0148. The van der Waals surface area contributed by atoms with Crippen LogP contribution in [-0.4, -0.2) is 40.2 Å². The maximum atomic E-state index is 13.2. The number of nitrogens with zero attached hydrogens (tertiary/aromatic N) is 2. The van der Waals surface area contributed by atoms with Gasteiger partial charge in [0.05, 0.1) is 34.7 Å². The number of aromatic nitrogens is 1. The van der Waals surface area contributed by atoms with E-state index >= 15 is 0 Å². The maximum absolute atomic E-state index is 13.2. The van der Waals surface area contributed by atoms with Gasteiger partial charge in [-0.3, -0.25) is 24.2 Å². The van der Waals surface area contributed by atoms with Crippen LogP contribution in [0, 0.1) is 5.41 Å². The van der Waals surface area contributed by atoms with E-state index < -0.39 is 17.8 Å². The number of carbonyl (C=O) groups excluding carboxylic acids is 4. The second-order valence-electron chi connectivity index (χ2n) is 9.83. The molecule has 0 saturated heterocycles. The molecule has 2 aliphatic carbocycles. The van der Waals surface area contributed by atoms with Crippen LogP contribution >= 0.6 is 0 Å². The van der Waals surface area contributed by atoms with Crippen molar-refractivity contribution in [2.75, 3.05) is 6.61 Å². The molecule has 1 aromatic carbocycles. The number of hydrogen-bond acceptors (Lipinski definition) is 7. The predicted octanol–water partition coefficient (Wildman–Crippen LogP) is 4.02. The first-order chi connectivity index (χ1) is 16.2. The van der Waals surface area contributed by atoms with Gasteiger partial charge in [0.25, 0.3) is 11.8 Å². The summed E-state index contributed by atoms with van der Waals surface area (Å²) in [5.74, 6) is -1.62. The minimum Gasteiger partial charge on any atom is -0.462 e. The van der Waals surface area contributed by atoms with Gasteiger partial charge >= 0.3 is 5.97 Å². The summed E-state index contributed by atoms with van der Waals surface area (Å²) in [6, 6.07) is 6.49.